The number of hydrogen-bond acceptors (Lipinski definition) is 4. The number of halogens is 3. The largest absolute Gasteiger partial charge is 0.469 e. The zero-order chi connectivity index (χ0) is 15.4. The third-order valence-electron chi connectivity index (χ3n) is 1.83. The van der Waals surface area contributed by atoms with Crippen LogP contribution in [0.2, 0.25) is 0 Å². The van der Waals surface area contributed by atoms with Crippen molar-refractivity contribution in [2.45, 2.75) is 5.66 Å². The van der Waals surface area contributed by atoms with Gasteiger partial charge in [0.2, 0.25) is 11.9 Å². The number of phosphoric ester groups is 1. The van der Waals surface area contributed by atoms with Gasteiger partial charge in [-0.15, -0.1) is 0 Å². The lowest BCUT2D eigenvalue weighted by molar-refractivity contribution is 0.0891. The Morgan fingerprint density at radius 3 is 1.84 bits per heavy atom. The molecule has 0 saturated heterocycles. The second-order valence-electron chi connectivity index (χ2n) is 3.21. The van der Waals surface area contributed by atoms with E-state index in [2.05, 4.69) is 52.7 Å². The second kappa shape index (κ2) is 7.20. The minimum Gasteiger partial charge on any atom is -0.369 e. The Bertz CT molecular complexity index is 384. The molecule has 0 aromatic carbocycles. The van der Waals surface area contributed by atoms with Crippen LogP contribution in [0.25, 0.3) is 0 Å². The number of guanidine groups is 2. The molecule has 8 N–H and O–H groups in total. The molecule has 0 saturated carbocycles. The summed E-state index contributed by atoms with van der Waals surface area (Å²) in [6.07, 6.45) is 0. The molecule has 0 rings (SSSR count). The lowest BCUT2D eigenvalue weighted by atomic mass is 10.2. The van der Waals surface area contributed by atoms with Crippen LogP contribution in [0.5, 0.6) is 0 Å². The predicted molar refractivity (Wildman–Crippen MR) is 79.9 cm³/mol. The Kier molecular flexibility index (Phi) is 7.23. The molecule has 0 heterocycles. The molecule has 14 heteroatoms. The van der Waals surface area contributed by atoms with E-state index in [1.54, 1.807) is 0 Å². The van der Waals surface area contributed by atoms with E-state index in [9.17, 15) is 4.57 Å². The average Bonchev–Trinajstić information content (AvgIpc) is 2.28. The van der Waals surface area contributed by atoms with Crippen molar-refractivity contribution in [2.75, 3.05) is 11.9 Å². The first-order chi connectivity index (χ1) is 8.48. The van der Waals surface area contributed by atoms with Gasteiger partial charge in [-0.1, -0.05) is 15.9 Å². The van der Waals surface area contributed by atoms with Gasteiger partial charge in [0.1, 0.15) is 6.61 Å². The molecular weight excluding hydrogens is 479 g/mol. The summed E-state index contributed by atoms with van der Waals surface area (Å²) in [7, 11) is -4.75. The smallest absolute Gasteiger partial charge is 0.369 e. The highest BCUT2D eigenvalue weighted by atomic mass is 79.9. The molecule has 0 aromatic rings. The summed E-state index contributed by atoms with van der Waals surface area (Å²) < 4.78 is 17.1. The fraction of sp³-hybridized carbons (Fsp3) is 0.600. The molecule has 0 fully saturated rings. The van der Waals surface area contributed by atoms with E-state index < -0.39 is 32.0 Å². The lowest BCUT2D eigenvalue weighted by Crippen LogP contribution is -2.63. The van der Waals surface area contributed by atoms with Crippen LogP contribution in [0.15, 0.2) is 0 Å². The molecule has 0 bridgehead atoms. The van der Waals surface area contributed by atoms with Crippen molar-refractivity contribution in [3.8, 4) is 0 Å². The fourth-order valence-corrected chi connectivity index (χ4v) is 3.67. The zero-order valence-corrected chi connectivity index (χ0v) is 14.9. The number of nitrogens with zero attached hydrogens (tertiary/aromatic N) is 2. The molecule has 0 aromatic heterocycles. The van der Waals surface area contributed by atoms with Gasteiger partial charge in [0.05, 0.1) is 32.3 Å². The summed E-state index contributed by atoms with van der Waals surface area (Å²) in [5.74, 6) is -0.973. The van der Waals surface area contributed by atoms with Crippen LogP contribution in [0.3, 0.4) is 0 Å². The molecule has 19 heavy (non-hydrogen) atoms. The Morgan fingerprint density at radius 2 is 1.63 bits per heavy atom. The number of hydrogen-bond donors (Lipinski definition) is 6. The Labute approximate surface area is 134 Å². The summed E-state index contributed by atoms with van der Waals surface area (Å²) >= 11 is 9.02. The molecule has 0 unspecified atom stereocenters. The van der Waals surface area contributed by atoms with Crippen LogP contribution in [-0.2, 0) is 9.09 Å². The van der Waals surface area contributed by atoms with Crippen molar-refractivity contribution < 1.29 is 18.9 Å². The zero-order valence-electron chi connectivity index (χ0n) is 9.26. The SMILES string of the molecule is N=C(N)N(Br)C(CBr)(COP(=O)(O)O)N(Br)C(=N)N. The van der Waals surface area contributed by atoms with Crippen molar-refractivity contribution in [3.63, 3.8) is 0 Å². The summed E-state index contributed by atoms with van der Waals surface area (Å²) in [5, 5.41) is 14.7. The van der Waals surface area contributed by atoms with Crippen molar-refractivity contribution in [1.82, 2.24) is 7.85 Å². The van der Waals surface area contributed by atoms with Gasteiger partial charge in [0.25, 0.3) is 0 Å². The van der Waals surface area contributed by atoms with E-state index in [4.69, 9.17) is 32.1 Å². The Balaban J connectivity index is 5.47. The Morgan fingerprint density at radius 1 is 1.26 bits per heavy atom. The van der Waals surface area contributed by atoms with Gasteiger partial charge in [-0.3, -0.25) is 23.2 Å². The summed E-state index contributed by atoms with van der Waals surface area (Å²) in [6, 6.07) is 0. The minimum absolute atomic E-state index is 0.0182. The van der Waals surface area contributed by atoms with E-state index in [0.29, 0.717) is 0 Å². The summed E-state index contributed by atoms with van der Waals surface area (Å²) in [6.45, 7) is -0.613. The van der Waals surface area contributed by atoms with Gasteiger partial charge in [-0.25, -0.2) is 4.57 Å². The molecule has 0 spiro atoms. The van der Waals surface area contributed by atoms with E-state index in [0.717, 1.165) is 7.85 Å². The highest BCUT2D eigenvalue weighted by Gasteiger charge is 2.44. The van der Waals surface area contributed by atoms with Gasteiger partial charge >= 0.3 is 7.82 Å². The molecular formula is C5H12Br3N6O4P. The van der Waals surface area contributed by atoms with Gasteiger partial charge in [0.15, 0.2) is 5.66 Å². The number of nitrogens with two attached hydrogens (primary N) is 2. The number of rotatable bonds is 6. The monoisotopic (exact) mass is 488 g/mol. The van der Waals surface area contributed by atoms with Crippen LogP contribution in [0.1, 0.15) is 0 Å². The third kappa shape index (κ3) is 5.17. The first kappa shape index (κ1) is 19.1. The topological polar surface area (TPSA) is 173 Å². The molecule has 0 aliphatic rings. The number of phosphoric acid groups is 1. The van der Waals surface area contributed by atoms with E-state index in [1.807, 2.05) is 0 Å². The number of nitrogens with one attached hydrogen (secondary N) is 2. The molecule has 10 nitrogen and oxygen atoms in total. The van der Waals surface area contributed by atoms with Crippen LogP contribution in [0.4, 0.5) is 0 Å². The normalized spacial score (nSPS) is 14.6. The standard InChI is InChI=1S/C5H12Br3N6O4P/c6-1-5(13(7)3(9)10,14(8)4(11)12)2-18-19(15,16)17/h1-2H2,(H3,9,10)(H3,11,12)(H2,15,16,17). The first-order valence-electron chi connectivity index (χ1n) is 4.34. The predicted octanol–water partition coefficient (Wildman–Crippen LogP) is 0.198. The highest BCUT2D eigenvalue weighted by Crippen LogP contribution is 2.40. The minimum atomic E-state index is -4.75. The quantitative estimate of drug-likeness (QED) is 0.0764. The van der Waals surface area contributed by atoms with Crippen molar-refractivity contribution in [1.29, 1.82) is 10.8 Å². The van der Waals surface area contributed by atoms with Crippen LogP contribution in [0, 0.1) is 10.8 Å². The van der Waals surface area contributed by atoms with Crippen molar-refractivity contribution in [2.24, 2.45) is 11.5 Å². The average molecular weight is 491 g/mol. The molecule has 0 radical (unpaired) electrons. The summed E-state index contributed by atoms with van der Waals surface area (Å²) in [4.78, 5) is 17.5. The maximum Gasteiger partial charge on any atom is 0.469 e. The second-order valence-corrected chi connectivity index (χ2v) is 6.43. The van der Waals surface area contributed by atoms with Gasteiger partial charge < -0.3 is 21.3 Å². The Hall–Kier alpha value is 0.0900. The molecule has 112 valence electrons. The highest BCUT2D eigenvalue weighted by molar-refractivity contribution is 9.09. The maximum atomic E-state index is 10.8. The van der Waals surface area contributed by atoms with Gasteiger partial charge in [-0.2, -0.15) is 0 Å². The van der Waals surface area contributed by atoms with Gasteiger partial charge in [0, 0.05) is 5.33 Å². The van der Waals surface area contributed by atoms with Crippen LogP contribution >= 0.6 is 56.0 Å². The maximum absolute atomic E-state index is 10.8. The summed E-state index contributed by atoms with van der Waals surface area (Å²) in [5.41, 5.74) is 9.13. The van der Waals surface area contributed by atoms with Crippen LogP contribution in [-0.4, -0.2) is 47.2 Å². The molecule has 0 aliphatic carbocycles. The van der Waals surface area contributed by atoms with Gasteiger partial charge in [-0.05, 0) is 0 Å². The van der Waals surface area contributed by atoms with Crippen LogP contribution < -0.4 is 11.5 Å². The lowest BCUT2D eigenvalue weighted by Gasteiger charge is -2.43. The van der Waals surface area contributed by atoms with E-state index in [1.165, 1.54) is 0 Å². The third-order valence-corrected chi connectivity index (χ3v) is 5.28. The molecule has 0 atom stereocenters. The molecule has 0 amide bonds. The number of alkyl halides is 1. The van der Waals surface area contributed by atoms with Crippen molar-refractivity contribution in [3.05, 3.63) is 0 Å². The van der Waals surface area contributed by atoms with E-state index >= 15 is 0 Å². The fourth-order valence-electron chi connectivity index (χ4n) is 0.970. The van der Waals surface area contributed by atoms with E-state index in [-0.39, 0.29) is 5.33 Å². The van der Waals surface area contributed by atoms with Crippen molar-refractivity contribution >= 4 is 68.0 Å². The molecule has 0 aliphatic heterocycles. The first-order valence-corrected chi connectivity index (χ1v) is 8.41.